The van der Waals surface area contributed by atoms with Gasteiger partial charge in [-0.1, -0.05) is 46.8 Å². The zero-order valence-electron chi connectivity index (χ0n) is 10.6. The monoisotopic (exact) mass is 488 g/mol. The summed E-state index contributed by atoms with van der Waals surface area (Å²) >= 11 is 7.81. The van der Waals surface area contributed by atoms with E-state index in [1.165, 1.54) is 5.39 Å². The second-order valence-electron chi connectivity index (χ2n) is 4.48. The summed E-state index contributed by atoms with van der Waals surface area (Å²) in [7, 11) is 0. The summed E-state index contributed by atoms with van der Waals surface area (Å²) < 4.78 is 0. The van der Waals surface area contributed by atoms with E-state index in [1.807, 2.05) is 23.6 Å². The molecule has 0 bridgehead atoms. The van der Waals surface area contributed by atoms with Crippen LogP contribution in [0.25, 0.3) is 32.1 Å². The van der Waals surface area contributed by atoms with Crippen molar-refractivity contribution in [2.45, 2.75) is 0 Å². The summed E-state index contributed by atoms with van der Waals surface area (Å²) in [6.07, 6.45) is 0. The normalized spacial score (nSPS) is 10.7. The van der Waals surface area contributed by atoms with Crippen molar-refractivity contribution in [3.05, 3.63) is 59.1 Å². The number of thiophene rings is 1. The number of benzene rings is 2. The van der Waals surface area contributed by atoms with E-state index >= 15 is 0 Å². The van der Waals surface area contributed by atoms with Crippen LogP contribution in [0, 0.1) is 6.07 Å². The molecule has 0 saturated heterocycles. The molecular weight excluding hydrogens is 480 g/mol. The van der Waals surface area contributed by atoms with E-state index in [9.17, 15) is 0 Å². The molecule has 0 aliphatic heterocycles. The molecule has 2 nitrogen and oxygen atoms in total. The predicted molar refractivity (Wildman–Crippen MR) is 84.2 cm³/mol. The fourth-order valence-corrected chi connectivity index (χ4v) is 3.21. The van der Waals surface area contributed by atoms with Crippen molar-refractivity contribution in [3.8, 4) is 10.6 Å². The fraction of sp³-hybridized carbons (Fsp3) is 0. The van der Waals surface area contributed by atoms with Crippen LogP contribution in [0.2, 0.25) is 5.15 Å². The Morgan fingerprint density at radius 2 is 1.71 bits per heavy atom. The minimum absolute atomic E-state index is 0. The van der Waals surface area contributed by atoms with E-state index < -0.39 is 0 Å². The number of fused-ring (bicyclic) bond motifs is 2. The molecule has 0 aliphatic rings. The molecule has 2 aromatic heterocycles. The van der Waals surface area contributed by atoms with E-state index in [-0.39, 0.29) is 20.1 Å². The molecule has 1 radical (unpaired) electrons. The Kier molecular flexibility index (Phi) is 4.05. The number of rotatable bonds is 1. The Balaban J connectivity index is 0.00000132. The minimum atomic E-state index is 0. The second-order valence-corrected chi connectivity index (χ2v) is 5.75. The average molecular weight is 488 g/mol. The fourth-order valence-electron chi connectivity index (χ4n) is 2.35. The molecule has 0 saturated carbocycles. The van der Waals surface area contributed by atoms with Gasteiger partial charge in [-0.15, -0.1) is 5.38 Å². The van der Waals surface area contributed by atoms with Crippen LogP contribution >= 0.6 is 22.9 Å². The zero-order chi connectivity index (χ0) is 13.5. The molecule has 4 rings (SSSR count). The van der Waals surface area contributed by atoms with Crippen LogP contribution in [0.15, 0.2) is 47.8 Å². The topological polar surface area (TPSA) is 25.8 Å². The number of hydrogen-bond donors (Lipinski definition) is 0. The molecule has 0 unspecified atom stereocenters. The van der Waals surface area contributed by atoms with Crippen molar-refractivity contribution < 1.29 is 20.1 Å². The van der Waals surface area contributed by atoms with Crippen LogP contribution in [-0.2, 0) is 20.1 Å². The first-order valence-corrected chi connectivity index (χ1v) is 7.39. The Morgan fingerprint density at radius 3 is 2.38 bits per heavy atom. The van der Waals surface area contributed by atoms with Gasteiger partial charge in [0.1, 0.15) is 0 Å². The van der Waals surface area contributed by atoms with Gasteiger partial charge in [-0.25, -0.2) is 16.4 Å². The van der Waals surface area contributed by atoms with E-state index in [1.54, 1.807) is 11.3 Å². The molecular formula is C16H8ClIrN2S-. The van der Waals surface area contributed by atoms with Gasteiger partial charge in [-0.05, 0) is 22.2 Å². The number of nitrogens with zero attached hydrogens (tertiary/aromatic N) is 2. The van der Waals surface area contributed by atoms with E-state index in [0.29, 0.717) is 5.15 Å². The second kappa shape index (κ2) is 5.82. The summed E-state index contributed by atoms with van der Waals surface area (Å²) in [5.41, 5.74) is 0.838. The third-order valence-electron chi connectivity index (χ3n) is 3.28. The van der Waals surface area contributed by atoms with Gasteiger partial charge in [0.25, 0.3) is 0 Å². The molecule has 2 heterocycles. The Bertz CT molecular complexity index is 922. The van der Waals surface area contributed by atoms with Crippen molar-refractivity contribution in [1.82, 2.24) is 10.2 Å². The first kappa shape index (κ1) is 14.6. The van der Waals surface area contributed by atoms with Crippen molar-refractivity contribution >= 4 is 44.5 Å². The molecule has 0 aliphatic carbocycles. The molecule has 0 atom stereocenters. The summed E-state index contributed by atoms with van der Waals surface area (Å²) in [6.45, 7) is 0. The summed E-state index contributed by atoms with van der Waals surface area (Å²) in [5.74, 6) is 0. The molecule has 0 N–H and O–H groups in total. The quantitative estimate of drug-likeness (QED) is 0.280. The van der Waals surface area contributed by atoms with Gasteiger partial charge in [-0.3, -0.25) is 0 Å². The third kappa shape index (κ3) is 2.49. The SMILES string of the molecule is Clc1nnc(-c2[c-]ccs2)c2cc3ccccc3cc12.[Ir]. The van der Waals surface area contributed by atoms with Crippen molar-refractivity contribution in [1.29, 1.82) is 0 Å². The standard InChI is InChI=1S/C16H8ClN2S.Ir/c17-16-13-9-11-5-2-1-4-10(11)8-12(13)15(18-19-16)14-6-3-7-20-14;/h1-5,7-9H;/q-1;. The van der Waals surface area contributed by atoms with Gasteiger partial charge in [-0.2, -0.15) is 17.2 Å². The molecule has 21 heavy (non-hydrogen) atoms. The van der Waals surface area contributed by atoms with Gasteiger partial charge in [0, 0.05) is 31.2 Å². The van der Waals surface area contributed by atoms with Crippen molar-refractivity contribution in [3.63, 3.8) is 0 Å². The van der Waals surface area contributed by atoms with E-state index in [4.69, 9.17) is 11.6 Å². The average Bonchev–Trinajstić information content (AvgIpc) is 3.00. The van der Waals surface area contributed by atoms with Gasteiger partial charge in [0.15, 0.2) is 5.15 Å². The first-order chi connectivity index (χ1) is 9.83. The maximum atomic E-state index is 6.21. The molecule has 4 aromatic rings. The van der Waals surface area contributed by atoms with E-state index in [0.717, 1.165) is 26.7 Å². The number of aromatic nitrogens is 2. The van der Waals surface area contributed by atoms with Crippen LogP contribution in [0.3, 0.4) is 0 Å². The van der Waals surface area contributed by atoms with Gasteiger partial charge in [0.2, 0.25) is 0 Å². The summed E-state index contributed by atoms with van der Waals surface area (Å²) in [6, 6.07) is 17.5. The Morgan fingerprint density at radius 1 is 1.00 bits per heavy atom. The van der Waals surface area contributed by atoms with Crippen LogP contribution in [0.5, 0.6) is 0 Å². The van der Waals surface area contributed by atoms with Crippen LogP contribution in [-0.4, -0.2) is 10.2 Å². The minimum Gasteiger partial charge on any atom is -0.237 e. The van der Waals surface area contributed by atoms with Crippen molar-refractivity contribution in [2.24, 2.45) is 0 Å². The molecule has 2 aromatic carbocycles. The van der Waals surface area contributed by atoms with Crippen molar-refractivity contribution in [2.75, 3.05) is 0 Å². The summed E-state index contributed by atoms with van der Waals surface area (Å²) in [4.78, 5) is 0.981. The largest absolute Gasteiger partial charge is 0.237 e. The zero-order valence-corrected chi connectivity index (χ0v) is 14.6. The molecule has 0 spiro atoms. The van der Waals surface area contributed by atoms with Gasteiger partial charge in [0.05, 0.1) is 0 Å². The molecule has 5 heteroatoms. The third-order valence-corrected chi connectivity index (χ3v) is 4.38. The van der Waals surface area contributed by atoms with Crippen LogP contribution < -0.4 is 0 Å². The van der Waals surface area contributed by atoms with Crippen LogP contribution in [0.4, 0.5) is 0 Å². The maximum absolute atomic E-state index is 6.21. The molecule has 105 valence electrons. The molecule has 0 amide bonds. The van der Waals surface area contributed by atoms with Crippen LogP contribution in [0.1, 0.15) is 0 Å². The molecule has 0 fully saturated rings. The maximum Gasteiger partial charge on any atom is 0.157 e. The smallest absolute Gasteiger partial charge is 0.157 e. The number of halogens is 1. The predicted octanol–water partition coefficient (Wildman–Crippen LogP) is 4.96. The first-order valence-electron chi connectivity index (χ1n) is 6.13. The van der Waals surface area contributed by atoms with E-state index in [2.05, 4.69) is 40.5 Å². The summed E-state index contributed by atoms with van der Waals surface area (Å²) in [5, 5.41) is 15.0. The van der Waals surface area contributed by atoms with Gasteiger partial charge >= 0.3 is 0 Å². The number of hydrogen-bond acceptors (Lipinski definition) is 3. The van der Waals surface area contributed by atoms with Gasteiger partial charge < -0.3 is 0 Å². The Hall–Kier alpha value is -1.32. The Labute approximate surface area is 144 Å².